The second kappa shape index (κ2) is 4.07. The van der Waals surface area contributed by atoms with Crippen molar-refractivity contribution in [1.82, 2.24) is 5.32 Å². The number of nitrogens with one attached hydrogen (secondary N) is 1. The number of carbonyl (C=O) groups is 1. The molecule has 0 bridgehead atoms. The fourth-order valence-electron chi connectivity index (χ4n) is 1.32. The normalized spacial score (nSPS) is 17.5. The zero-order chi connectivity index (χ0) is 11.1. The third-order valence-electron chi connectivity index (χ3n) is 2.59. The van der Waals surface area contributed by atoms with Crippen LogP contribution >= 0.6 is 38.9 Å². The summed E-state index contributed by atoms with van der Waals surface area (Å²) in [5.41, 5.74) is 0.952. The Labute approximate surface area is 106 Å². The molecule has 1 aromatic rings. The van der Waals surface area contributed by atoms with Crippen molar-refractivity contribution in [2.24, 2.45) is 0 Å². The van der Waals surface area contributed by atoms with Crippen molar-refractivity contribution in [1.29, 1.82) is 0 Å². The average molecular weight is 309 g/mol. The fourth-order valence-corrected chi connectivity index (χ4v) is 3.20. The molecular weight excluding hydrogens is 298 g/mol. The minimum atomic E-state index is -0.0462. The van der Waals surface area contributed by atoms with E-state index in [0.29, 0.717) is 9.90 Å². The van der Waals surface area contributed by atoms with Gasteiger partial charge in [-0.05, 0) is 30.7 Å². The summed E-state index contributed by atoms with van der Waals surface area (Å²) >= 11 is 10.9. The number of rotatable bonds is 3. The smallest absolute Gasteiger partial charge is 0.263 e. The quantitative estimate of drug-likeness (QED) is 0.852. The highest BCUT2D eigenvalue weighted by Gasteiger charge is 2.43. The lowest BCUT2D eigenvalue weighted by Crippen LogP contribution is -2.37. The first kappa shape index (κ1) is 11.4. The Hall–Kier alpha value is -0.0600. The molecule has 1 heterocycles. The van der Waals surface area contributed by atoms with Gasteiger partial charge in [-0.15, -0.1) is 11.3 Å². The summed E-state index contributed by atoms with van der Waals surface area (Å²) in [5.74, 6) is -0.0462. The monoisotopic (exact) mass is 307 g/mol. The van der Waals surface area contributed by atoms with E-state index < -0.39 is 0 Å². The van der Waals surface area contributed by atoms with E-state index >= 15 is 0 Å². The Balaban J connectivity index is 2.12. The summed E-state index contributed by atoms with van der Waals surface area (Å²) in [5, 5.41) is 6.33. The molecule has 1 saturated carbocycles. The van der Waals surface area contributed by atoms with Crippen LogP contribution in [-0.4, -0.2) is 16.8 Å². The van der Waals surface area contributed by atoms with Gasteiger partial charge in [-0.25, -0.2) is 0 Å². The van der Waals surface area contributed by atoms with Gasteiger partial charge in [-0.3, -0.25) is 4.79 Å². The Morgan fingerprint density at radius 1 is 1.73 bits per heavy atom. The molecule has 1 aliphatic rings. The second-order valence-corrected chi connectivity index (χ2v) is 5.75. The van der Waals surface area contributed by atoms with Crippen LogP contribution in [0, 0.1) is 6.92 Å². The standard InChI is InChI=1S/C10H11BrClNOS/c1-6-4-15-8(7(6)12)9(14)13-10(5-11)2-3-10/h4H,2-3,5H2,1H3,(H,13,14). The first-order valence-electron chi connectivity index (χ1n) is 4.70. The SMILES string of the molecule is Cc1csc(C(=O)NC2(CBr)CC2)c1Cl. The lowest BCUT2D eigenvalue weighted by molar-refractivity contribution is 0.0941. The average Bonchev–Trinajstić information content (AvgIpc) is 2.90. The number of hydrogen-bond donors (Lipinski definition) is 1. The van der Waals surface area contributed by atoms with Crippen LogP contribution in [0.15, 0.2) is 5.38 Å². The molecule has 0 spiro atoms. The Bertz CT molecular complexity index is 400. The largest absolute Gasteiger partial charge is 0.345 e. The summed E-state index contributed by atoms with van der Waals surface area (Å²) in [4.78, 5) is 12.5. The molecule has 1 aliphatic carbocycles. The van der Waals surface area contributed by atoms with E-state index in [1.54, 1.807) is 0 Å². The molecule has 15 heavy (non-hydrogen) atoms. The molecule has 1 N–H and O–H groups in total. The first-order chi connectivity index (χ1) is 7.08. The number of aryl methyl sites for hydroxylation is 1. The molecule has 0 atom stereocenters. The molecule has 2 nitrogen and oxygen atoms in total. The number of thiophene rings is 1. The molecule has 1 aromatic heterocycles. The van der Waals surface area contributed by atoms with Crippen LogP contribution in [0.3, 0.4) is 0 Å². The van der Waals surface area contributed by atoms with E-state index in [2.05, 4.69) is 21.2 Å². The molecule has 1 amide bonds. The van der Waals surface area contributed by atoms with Crippen molar-refractivity contribution in [3.8, 4) is 0 Å². The topological polar surface area (TPSA) is 29.1 Å². The number of amides is 1. The number of hydrogen-bond acceptors (Lipinski definition) is 2. The summed E-state index contributed by atoms with van der Waals surface area (Å²) in [6.45, 7) is 1.91. The molecule has 82 valence electrons. The molecule has 0 saturated heterocycles. The highest BCUT2D eigenvalue weighted by Crippen LogP contribution is 2.38. The predicted octanol–water partition coefficient (Wildman–Crippen LogP) is 3.37. The van der Waals surface area contributed by atoms with Crippen LogP contribution in [0.4, 0.5) is 0 Å². The summed E-state index contributed by atoms with van der Waals surface area (Å²) in [7, 11) is 0. The van der Waals surface area contributed by atoms with Crippen LogP contribution in [0.1, 0.15) is 28.1 Å². The van der Waals surface area contributed by atoms with Crippen molar-refractivity contribution in [2.75, 3.05) is 5.33 Å². The highest BCUT2D eigenvalue weighted by atomic mass is 79.9. The summed E-state index contributed by atoms with van der Waals surface area (Å²) in [6.07, 6.45) is 2.10. The van der Waals surface area contributed by atoms with Gasteiger partial charge in [0.15, 0.2) is 0 Å². The van der Waals surface area contributed by atoms with Crippen LogP contribution in [0.2, 0.25) is 5.02 Å². The molecule has 2 rings (SSSR count). The van der Waals surface area contributed by atoms with Gasteiger partial charge in [0.25, 0.3) is 5.91 Å². The van der Waals surface area contributed by atoms with Crippen LogP contribution in [0.25, 0.3) is 0 Å². The minimum Gasteiger partial charge on any atom is -0.345 e. The van der Waals surface area contributed by atoms with E-state index in [1.165, 1.54) is 11.3 Å². The summed E-state index contributed by atoms with van der Waals surface area (Å²) in [6, 6.07) is 0. The lowest BCUT2D eigenvalue weighted by atomic mass is 10.3. The molecule has 1 fully saturated rings. The number of carbonyl (C=O) groups excluding carboxylic acids is 1. The third-order valence-corrected chi connectivity index (χ3v) is 5.36. The van der Waals surface area contributed by atoms with E-state index in [-0.39, 0.29) is 11.4 Å². The van der Waals surface area contributed by atoms with E-state index in [0.717, 1.165) is 23.7 Å². The highest BCUT2D eigenvalue weighted by molar-refractivity contribution is 9.09. The maximum absolute atomic E-state index is 11.9. The van der Waals surface area contributed by atoms with Crippen LogP contribution in [0.5, 0.6) is 0 Å². The van der Waals surface area contributed by atoms with Gasteiger partial charge >= 0.3 is 0 Å². The van der Waals surface area contributed by atoms with Crippen molar-refractivity contribution in [3.63, 3.8) is 0 Å². The van der Waals surface area contributed by atoms with Gasteiger partial charge in [0.2, 0.25) is 0 Å². The van der Waals surface area contributed by atoms with Gasteiger partial charge in [-0.2, -0.15) is 0 Å². The van der Waals surface area contributed by atoms with Gasteiger partial charge < -0.3 is 5.32 Å². The van der Waals surface area contributed by atoms with E-state index in [4.69, 9.17) is 11.6 Å². The molecule has 0 aliphatic heterocycles. The molecule has 0 unspecified atom stereocenters. The van der Waals surface area contributed by atoms with Gasteiger partial charge in [-0.1, -0.05) is 27.5 Å². The van der Waals surface area contributed by atoms with Gasteiger partial charge in [0.05, 0.1) is 10.6 Å². The maximum atomic E-state index is 11.9. The van der Waals surface area contributed by atoms with Gasteiger partial charge in [0.1, 0.15) is 4.88 Å². The Kier molecular flexibility index (Phi) is 3.10. The van der Waals surface area contributed by atoms with Crippen LogP contribution in [-0.2, 0) is 0 Å². The van der Waals surface area contributed by atoms with Crippen molar-refractivity contribution < 1.29 is 4.79 Å². The van der Waals surface area contributed by atoms with Gasteiger partial charge in [0, 0.05) is 5.33 Å². The Morgan fingerprint density at radius 2 is 2.40 bits per heavy atom. The number of halogens is 2. The minimum absolute atomic E-state index is 0.0156. The second-order valence-electron chi connectivity index (χ2n) is 3.93. The molecular formula is C10H11BrClNOS. The molecule has 5 heteroatoms. The first-order valence-corrected chi connectivity index (χ1v) is 7.08. The predicted molar refractivity (Wildman–Crippen MR) is 67.3 cm³/mol. The zero-order valence-corrected chi connectivity index (χ0v) is 11.4. The van der Waals surface area contributed by atoms with E-state index in [9.17, 15) is 4.79 Å². The molecule has 0 radical (unpaired) electrons. The van der Waals surface area contributed by atoms with Crippen molar-refractivity contribution in [2.45, 2.75) is 25.3 Å². The van der Waals surface area contributed by atoms with E-state index in [1.807, 2.05) is 12.3 Å². The maximum Gasteiger partial charge on any atom is 0.263 e. The Morgan fingerprint density at radius 3 is 2.80 bits per heavy atom. The fraction of sp³-hybridized carbons (Fsp3) is 0.500. The van der Waals surface area contributed by atoms with Crippen molar-refractivity contribution >= 4 is 44.8 Å². The molecule has 0 aromatic carbocycles. The third kappa shape index (κ3) is 2.22. The van der Waals surface area contributed by atoms with Crippen molar-refractivity contribution in [3.05, 3.63) is 20.8 Å². The lowest BCUT2D eigenvalue weighted by Gasteiger charge is -2.13. The number of alkyl halides is 1. The zero-order valence-electron chi connectivity index (χ0n) is 8.27. The summed E-state index contributed by atoms with van der Waals surface area (Å²) < 4.78 is 0. The van der Waals surface area contributed by atoms with Crippen LogP contribution < -0.4 is 5.32 Å².